The van der Waals surface area contributed by atoms with E-state index in [1.807, 2.05) is 43.3 Å². The van der Waals surface area contributed by atoms with E-state index < -0.39 is 0 Å². The minimum Gasteiger partial charge on any atom is -0.350 e. The number of carbonyl (C=O) groups is 2. The number of hydrogen-bond acceptors (Lipinski definition) is 4. The van der Waals surface area contributed by atoms with E-state index in [1.54, 1.807) is 0 Å². The fourth-order valence-corrected chi connectivity index (χ4v) is 6.14. The molecule has 0 aromatic heterocycles. The van der Waals surface area contributed by atoms with Crippen molar-refractivity contribution in [1.82, 2.24) is 20.4 Å². The molecular formula is C35H44N4O2. The van der Waals surface area contributed by atoms with Crippen LogP contribution in [0, 0.1) is 6.92 Å². The molecule has 41 heavy (non-hydrogen) atoms. The second-order valence-corrected chi connectivity index (χ2v) is 11.6. The van der Waals surface area contributed by atoms with Crippen molar-refractivity contribution < 1.29 is 9.59 Å². The van der Waals surface area contributed by atoms with E-state index >= 15 is 0 Å². The van der Waals surface area contributed by atoms with Gasteiger partial charge in [-0.15, -0.1) is 0 Å². The first-order valence-corrected chi connectivity index (χ1v) is 15.3. The number of nitrogens with one attached hydrogen (secondary N) is 2. The number of aryl methyl sites for hydroxylation is 1. The molecule has 2 N–H and O–H groups in total. The molecule has 0 bridgehead atoms. The molecule has 2 atom stereocenters. The third-order valence-corrected chi connectivity index (χ3v) is 8.61. The molecule has 2 amide bonds. The molecule has 5 rings (SSSR count). The molecule has 6 nitrogen and oxygen atoms in total. The van der Waals surface area contributed by atoms with E-state index in [9.17, 15) is 9.59 Å². The quantitative estimate of drug-likeness (QED) is 0.372. The largest absolute Gasteiger partial charge is 0.350 e. The zero-order chi connectivity index (χ0) is 28.4. The molecular weight excluding hydrogens is 508 g/mol. The highest BCUT2D eigenvalue weighted by Gasteiger charge is 2.33. The fraction of sp³-hybridized carbons (Fsp3) is 0.429. The predicted molar refractivity (Wildman–Crippen MR) is 165 cm³/mol. The monoisotopic (exact) mass is 552 g/mol. The molecule has 2 heterocycles. The van der Waals surface area contributed by atoms with Gasteiger partial charge >= 0.3 is 0 Å². The Kier molecular flexibility index (Phi) is 10.2. The molecule has 2 aliphatic rings. The molecule has 0 unspecified atom stereocenters. The number of hydrogen-bond donors (Lipinski definition) is 2. The molecule has 216 valence electrons. The van der Waals surface area contributed by atoms with E-state index in [0.717, 1.165) is 38.0 Å². The number of nitrogens with zero attached hydrogens (tertiary/aromatic N) is 2. The van der Waals surface area contributed by atoms with E-state index in [1.165, 1.54) is 30.4 Å². The molecule has 2 saturated heterocycles. The first-order valence-electron chi connectivity index (χ1n) is 15.3. The normalized spacial score (nSPS) is 20.1. The van der Waals surface area contributed by atoms with E-state index in [2.05, 4.69) is 69.0 Å². The van der Waals surface area contributed by atoms with Crippen molar-refractivity contribution in [2.45, 2.75) is 57.0 Å². The highest BCUT2D eigenvalue weighted by Crippen LogP contribution is 2.27. The SMILES string of the molecule is Cc1ccc(C(=O)NC[C@@H]2CCN(CC(c3ccccc3)c3ccccc3)C(=O)[C@H](CCN3CCCCC3)N2)cc1. The summed E-state index contributed by atoms with van der Waals surface area (Å²) >= 11 is 0. The van der Waals surface area contributed by atoms with Crippen LogP contribution in [0.2, 0.25) is 0 Å². The van der Waals surface area contributed by atoms with Crippen molar-refractivity contribution >= 4 is 11.8 Å². The Hall–Kier alpha value is -3.48. The Morgan fingerprint density at radius 2 is 1.51 bits per heavy atom. The summed E-state index contributed by atoms with van der Waals surface area (Å²) in [7, 11) is 0. The van der Waals surface area contributed by atoms with Gasteiger partial charge in [-0.05, 0) is 69.0 Å². The molecule has 2 fully saturated rings. The maximum Gasteiger partial charge on any atom is 0.251 e. The van der Waals surface area contributed by atoms with Gasteiger partial charge in [0.05, 0.1) is 6.04 Å². The number of piperidine rings is 1. The van der Waals surface area contributed by atoms with Crippen LogP contribution >= 0.6 is 0 Å². The summed E-state index contributed by atoms with van der Waals surface area (Å²) in [5.74, 6) is 0.199. The van der Waals surface area contributed by atoms with Crippen LogP contribution in [-0.4, -0.2) is 73.0 Å². The second-order valence-electron chi connectivity index (χ2n) is 11.6. The first kappa shape index (κ1) is 29.0. The van der Waals surface area contributed by atoms with Gasteiger partial charge in [0, 0.05) is 43.7 Å². The van der Waals surface area contributed by atoms with Gasteiger partial charge in [0.2, 0.25) is 5.91 Å². The van der Waals surface area contributed by atoms with Crippen molar-refractivity contribution in [2.75, 3.05) is 39.3 Å². The van der Waals surface area contributed by atoms with Gasteiger partial charge < -0.3 is 20.4 Å². The average Bonchev–Trinajstić information content (AvgIpc) is 3.17. The summed E-state index contributed by atoms with van der Waals surface area (Å²) in [5, 5.41) is 6.79. The van der Waals surface area contributed by atoms with Gasteiger partial charge in [0.1, 0.15) is 0 Å². The molecule has 0 spiro atoms. The molecule has 3 aromatic carbocycles. The van der Waals surface area contributed by atoms with Gasteiger partial charge in [-0.25, -0.2) is 0 Å². The van der Waals surface area contributed by atoms with Crippen LogP contribution < -0.4 is 10.6 Å². The lowest BCUT2D eigenvalue weighted by Crippen LogP contribution is -2.50. The summed E-state index contributed by atoms with van der Waals surface area (Å²) in [4.78, 5) is 31.5. The predicted octanol–water partition coefficient (Wildman–Crippen LogP) is 4.99. The Balaban J connectivity index is 1.31. The third kappa shape index (κ3) is 8.05. The van der Waals surface area contributed by atoms with Crippen molar-refractivity contribution in [2.24, 2.45) is 0 Å². The number of benzene rings is 3. The van der Waals surface area contributed by atoms with E-state index in [4.69, 9.17) is 0 Å². The van der Waals surface area contributed by atoms with Crippen LogP contribution in [0.25, 0.3) is 0 Å². The minimum absolute atomic E-state index is 0.0246. The number of amides is 2. The fourth-order valence-electron chi connectivity index (χ4n) is 6.14. The van der Waals surface area contributed by atoms with Crippen LogP contribution in [0.5, 0.6) is 0 Å². The van der Waals surface area contributed by atoms with Gasteiger partial charge in [-0.3, -0.25) is 9.59 Å². The summed E-state index contributed by atoms with van der Waals surface area (Å²) in [5.41, 5.74) is 4.23. The summed E-state index contributed by atoms with van der Waals surface area (Å²) < 4.78 is 0. The van der Waals surface area contributed by atoms with Crippen LogP contribution in [0.15, 0.2) is 84.9 Å². The molecule has 0 aliphatic carbocycles. The maximum absolute atomic E-state index is 14.1. The smallest absolute Gasteiger partial charge is 0.251 e. The maximum atomic E-state index is 14.1. The van der Waals surface area contributed by atoms with Gasteiger partial charge in [-0.1, -0.05) is 84.8 Å². The van der Waals surface area contributed by atoms with Crippen molar-refractivity contribution in [1.29, 1.82) is 0 Å². The standard InChI is InChI=1S/C35H44N4O2/c1-27-15-17-30(18-16-27)34(40)36-25-31-19-24-39(35(41)33(37-31)20-23-38-21-9-4-10-22-38)26-32(28-11-5-2-6-12-28)29-13-7-3-8-14-29/h2-3,5-8,11-18,31-33,37H,4,9-10,19-26H2,1H3,(H,36,40)/t31-,33-/m0/s1. The zero-order valence-electron chi connectivity index (χ0n) is 24.3. The zero-order valence-corrected chi connectivity index (χ0v) is 24.3. The Morgan fingerprint density at radius 1 is 0.878 bits per heavy atom. The average molecular weight is 553 g/mol. The Bertz CT molecular complexity index is 1200. The van der Waals surface area contributed by atoms with Gasteiger partial charge in [0.15, 0.2) is 0 Å². The highest BCUT2D eigenvalue weighted by atomic mass is 16.2. The van der Waals surface area contributed by atoms with Crippen molar-refractivity contribution in [3.05, 3.63) is 107 Å². The molecule has 6 heteroatoms. The highest BCUT2D eigenvalue weighted by molar-refractivity contribution is 5.94. The summed E-state index contributed by atoms with van der Waals surface area (Å²) in [6.07, 6.45) is 5.34. The molecule has 0 radical (unpaired) electrons. The first-order chi connectivity index (χ1) is 20.1. The number of rotatable bonds is 10. The summed E-state index contributed by atoms with van der Waals surface area (Å²) in [6, 6.07) is 28.4. The van der Waals surface area contributed by atoms with Gasteiger partial charge in [0.25, 0.3) is 5.91 Å². The lowest BCUT2D eigenvalue weighted by molar-refractivity contribution is -0.133. The Morgan fingerprint density at radius 3 is 2.15 bits per heavy atom. The molecule has 2 aliphatic heterocycles. The third-order valence-electron chi connectivity index (χ3n) is 8.61. The van der Waals surface area contributed by atoms with Crippen LogP contribution in [0.1, 0.15) is 65.1 Å². The van der Waals surface area contributed by atoms with Crippen LogP contribution in [-0.2, 0) is 4.79 Å². The van der Waals surface area contributed by atoms with E-state index in [-0.39, 0.29) is 29.8 Å². The van der Waals surface area contributed by atoms with Crippen LogP contribution in [0.3, 0.4) is 0 Å². The minimum atomic E-state index is -0.270. The number of carbonyl (C=O) groups excluding carboxylic acids is 2. The molecule has 0 saturated carbocycles. The van der Waals surface area contributed by atoms with Crippen molar-refractivity contribution in [3.63, 3.8) is 0 Å². The topological polar surface area (TPSA) is 64.7 Å². The second kappa shape index (κ2) is 14.4. The summed E-state index contributed by atoms with van der Waals surface area (Å²) in [6.45, 7) is 6.96. The lowest BCUT2D eigenvalue weighted by Gasteiger charge is -2.31. The number of likely N-dealkylation sites (tertiary alicyclic amines) is 1. The van der Waals surface area contributed by atoms with E-state index in [0.29, 0.717) is 25.2 Å². The van der Waals surface area contributed by atoms with Crippen molar-refractivity contribution in [3.8, 4) is 0 Å². The Labute approximate surface area is 245 Å². The van der Waals surface area contributed by atoms with Gasteiger partial charge in [-0.2, -0.15) is 0 Å². The lowest BCUT2D eigenvalue weighted by atomic mass is 9.90. The van der Waals surface area contributed by atoms with Crippen LogP contribution in [0.4, 0.5) is 0 Å². The molecule has 3 aromatic rings.